The lowest BCUT2D eigenvalue weighted by Crippen LogP contribution is -2.45. The lowest BCUT2D eigenvalue weighted by Gasteiger charge is -2.26. The SMILES string of the molecule is Cc1cc(C(=O)NC(C)(C)C2CC2)cc(S(N)(=O)=O)c1F. The summed E-state index contributed by atoms with van der Waals surface area (Å²) in [5, 5.41) is 7.84. The molecular weight excluding hydrogens is 295 g/mol. The highest BCUT2D eigenvalue weighted by Gasteiger charge is 2.39. The molecule has 1 aromatic carbocycles. The van der Waals surface area contributed by atoms with Crippen LogP contribution in [0, 0.1) is 18.7 Å². The predicted octanol–water partition coefficient (Wildman–Crippen LogP) is 1.70. The third-order valence-corrected chi connectivity index (χ3v) is 4.73. The van der Waals surface area contributed by atoms with Gasteiger partial charge in [0.1, 0.15) is 10.7 Å². The third-order valence-electron chi connectivity index (χ3n) is 3.82. The number of halogens is 1. The number of sulfonamides is 1. The van der Waals surface area contributed by atoms with Gasteiger partial charge in [0.25, 0.3) is 5.91 Å². The standard InChI is InChI=1S/C14H19FN2O3S/c1-8-6-9(7-11(12(8)15)21(16,19)20)13(18)17-14(2,3)10-4-5-10/h6-7,10H,4-5H2,1-3H3,(H,17,18)(H2,16,19,20). The first kappa shape index (κ1) is 15.9. The molecule has 0 aromatic heterocycles. The maximum Gasteiger partial charge on any atom is 0.251 e. The van der Waals surface area contributed by atoms with Crippen LogP contribution in [0.5, 0.6) is 0 Å². The van der Waals surface area contributed by atoms with Crippen molar-refractivity contribution < 1.29 is 17.6 Å². The van der Waals surface area contributed by atoms with E-state index in [0.29, 0.717) is 5.92 Å². The number of aryl methyl sites for hydroxylation is 1. The van der Waals surface area contributed by atoms with Crippen molar-refractivity contribution in [2.75, 3.05) is 0 Å². The molecule has 116 valence electrons. The maximum atomic E-state index is 13.8. The van der Waals surface area contributed by atoms with Gasteiger partial charge < -0.3 is 5.32 Å². The Bertz CT molecular complexity index is 694. The van der Waals surface area contributed by atoms with Crippen LogP contribution in [-0.4, -0.2) is 19.9 Å². The number of nitrogens with one attached hydrogen (secondary N) is 1. The largest absolute Gasteiger partial charge is 0.347 e. The van der Waals surface area contributed by atoms with Gasteiger partial charge in [-0.15, -0.1) is 0 Å². The molecule has 0 aliphatic heterocycles. The number of carbonyl (C=O) groups is 1. The number of nitrogens with two attached hydrogens (primary N) is 1. The first-order valence-corrected chi connectivity index (χ1v) is 8.22. The van der Waals surface area contributed by atoms with E-state index in [4.69, 9.17) is 5.14 Å². The van der Waals surface area contributed by atoms with E-state index in [1.165, 1.54) is 13.0 Å². The van der Waals surface area contributed by atoms with Gasteiger partial charge in [-0.05, 0) is 57.2 Å². The normalized spacial score (nSPS) is 15.9. The Hall–Kier alpha value is -1.47. The van der Waals surface area contributed by atoms with E-state index in [1.54, 1.807) is 0 Å². The van der Waals surface area contributed by atoms with Crippen LogP contribution in [0.3, 0.4) is 0 Å². The molecule has 1 aliphatic carbocycles. The molecule has 0 spiro atoms. The molecule has 1 aliphatic rings. The van der Waals surface area contributed by atoms with Crippen molar-refractivity contribution >= 4 is 15.9 Å². The molecule has 7 heteroatoms. The van der Waals surface area contributed by atoms with E-state index >= 15 is 0 Å². The van der Waals surface area contributed by atoms with E-state index < -0.39 is 26.6 Å². The first-order valence-electron chi connectivity index (χ1n) is 6.68. The topological polar surface area (TPSA) is 89.3 Å². The number of primary sulfonamides is 1. The Morgan fingerprint density at radius 3 is 2.43 bits per heavy atom. The second-order valence-electron chi connectivity index (χ2n) is 6.10. The summed E-state index contributed by atoms with van der Waals surface area (Å²) in [5.41, 5.74) is -0.219. The smallest absolute Gasteiger partial charge is 0.251 e. The van der Waals surface area contributed by atoms with Gasteiger partial charge in [-0.2, -0.15) is 0 Å². The van der Waals surface area contributed by atoms with Crippen LogP contribution < -0.4 is 10.5 Å². The van der Waals surface area contributed by atoms with Crippen LogP contribution in [0.25, 0.3) is 0 Å². The van der Waals surface area contributed by atoms with Gasteiger partial charge in [0.15, 0.2) is 0 Å². The van der Waals surface area contributed by atoms with Gasteiger partial charge in [0, 0.05) is 11.1 Å². The summed E-state index contributed by atoms with van der Waals surface area (Å²) in [6.07, 6.45) is 2.11. The van der Waals surface area contributed by atoms with Crippen molar-refractivity contribution in [1.82, 2.24) is 5.32 Å². The van der Waals surface area contributed by atoms with Crippen molar-refractivity contribution in [3.63, 3.8) is 0 Å². The number of carbonyl (C=O) groups excluding carboxylic acids is 1. The van der Waals surface area contributed by atoms with Crippen molar-refractivity contribution in [2.24, 2.45) is 11.1 Å². The summed E-state index contributed by atoms with van der Waals surface area (Å²) >= 11 is 0. The van der Waals surface area contributed by atoms with Crippen molar-refractivity contribution in [1.29, 1.82) is 0 Å². The molecule has 0 atom stereocenters. The zero-order valence-corrected chi connectivity index (χ0v) is 13.1. The minimum absolute atomic E-state index is 0.0657. The van der Waals surface area contributed by atoms with Gasteiger partial charge in [-0.1, -0.05) is 0 Å². The molecule has 5 nitrogen and oxygen atoms in total. The van der Waals surface area contributed by atoms with Crippen molar-refractivity contribution in [3.8, 4) is 0 Å². The number of amides is 1. The zero-order chi connectivity index (χ0) is 16.0. The number of rotatable bonds is 4. The molecular formula is C14H19FN2O3S. The molecule has 2 rings (SSSR count). The highest BCUT2D eigenvalue weighted by atomic mass is 32.2. The zero-order valence-electron chi connectivity index (χ0n) is 12.2. The molecule has 0 saturated heterocycles. The third kappa shape index (κ3) is 3.41. The molecule has 1 saturated carbocycles. The average Bonchev–Trinajstić information content (AvgIpc) is 3.14. The number of benzene rings is 1. The quantitative estimate of drug-likeness (QED) is 0.886. The summed E-state index contributed by atoms with van der Waals surface area (Å²) in [7, 11) is -4.21. The minimum Gasteiger partial charge on any atom is -0.347 e. The molecule has 0 radical (unpaired) electrons. The molecule has 1 aromatic rings. The van der Waals surface area contributed by atoms with E-state index in [9.17, 15) is 17.6 Å². The van der Waals surface area contributed by atoms with Gasteiger partial charge in [-0.25, -0.2) is 17.9 Å². The van der Waals surface area contributed by atoms with E-state index in [0.717, 1.165) is 18.9 Å². The Kier molecular flexibility index (Phi) is 3.84. The van der Waals surface area contributed by atoms with Gasteiger partial charge in [0.2, 0.25) is 10.0 Å². The monoisotopic (exact) mass is 314 g/mol. The van der Waals surface area contributed by atoms with Gasteiger partial charge in [-0.3, -0.25) is 4.79 Å². The first-order chi connectivity index (χ1) is 9.52. The average molecular weight is 314 g/mol. The molecule has 3 N–H and O–H groups in total. The van der Waals surface area contributed by atoms with Gasteiger partial charge in [0.05, 0.1) is 0 Å². The summed E-state index contributed by atoms with van der Waals surface area (Å²) in [6.45, 7) is 5.23. The Morgan fingerprint density at radius 1 is 1.38 bits per heavy atom. The fourth-order valence-electron chi connectivity index (χ4n) is 2.35. The molecule has 0 heterocycles. The molecule has 1 amide bonds. The van der Waals surface area contributed by atoms with Crippen LogP contribution in [0.4, 0.5) is 4.39 Å². The lowest BCUT2D eigenvalue weighted by molar-refractivity contribution is 0.0903. The maximum absolute atomic E-state index is 13.8. The number of hydrogen-bond donors (Lipinski definition) is 2. The second-order valence-corrected chi connectivity index (χ2v) is 7.63. The molecule has 0 unspecified atom stereocenters. The van der Waals surface area contributed by atoms with E-state index in [2.05, 4.69) is 5.32 Å². The number of hydrogen-bond acceptors (Lipinski definition) is 3. The molecule has 1 fully saturated rings. The lowest BCUT2D eigenvalue weighted by atomic mass is 9.98. The second kappa shape index (κ2) is 5.06. The van der Waals surface area contributed by atoms with E-state index in [-0.39, 0.29) is 16.7 Å². The molecule has 21 heavy (non-hydrogen) atoms. The van der Waals surface area contributed by atoms with Crippen LogP contribution in [0.15, 0.2) is 17.0 Å². The van der Waals surface area contributed by atoms with Crippen molar-refractivity contribution in [2.45, 2.75) is 44.0 Å². The van der Waals surface area contributed by atoms with Crippen LogP contribution >= 0.6 is 0 Å². The fourth-order valence-corrected chi connectivity index (χ4v) is 3.05. The Labute approximate surface area is 123 Å². The fraction of sp³-hybridized carbons (Fsp3) is 0.500. The minimum atomic E-state index is -4.21. The Morgan fingerprint density at radius 2 is 1.95 bits per heavy atom. The highest BCUT2D eigenvalue weighted by Crippen LogP contribution is 2.39. The Balaban J connectivity index is 2.36. The molecule has 0 bridgehead atoms. The van der Waals surface area contributed by atoms with Crippen LogP contribution in [-0.2, 0) is 10.0 Å². The highest BCUT2D eigenvalue weighted by molar-refractivity contribution is 7.89. The predicted molar refractivity (Wildman–Crippen MR) is 76.8 cm³/mol. The summed E-state index contributed by atoms with van der Waals surface area (Å²) in [4.78, 5) is 11.6. The summed E-state index contributed by atoms with van der Waals surface area (Å²) in [5.74, 6) is -0.934. The van der Waals surface area contributed by atoms with E-state index in [1.807, 2.05) is 13.8 Å². The van der Waals surface area contributed by atoms with Crippen LogP contribution in [0.2, 0.25) is 0 Å². The summed E-state index contributed by atoms with van der Waals surface area (Å²) < 4.78 is 36.6. The van der Waals surface area contributed by atoms with Crippen molar-refractivity contribution in [3.05, 3.63) is 29.1 Å². The summed E-state index contributed by atoms with van der Waals surface area (Å²) in [6, 6.07) is 2.30. The van der Waals surface area contributed by atoms with Gasteiger partial charge >= 0.3 is 0 Å². The van der Waals surface area contributed by atoms with Crippen LogP contribution in [0.1, 0.15) is 42.6 Å².